The summed E-state index contributed by atoms with van der Waals surface area (Å²) in [7, 11) is 0. The molecule has 0 radical (unpaired) electrons. The molecule has 2 heterocycles. The normalized spacial score (nSPS) is 17.3. The van der Waals surface area contributed by atoms with Crippen molar-refractivity contribution in [3.05, 3.63) is 23.9 Å². The number of likely N-dealkylation sites (tertiary alicyclic amines) is 1. The summed E-state index contributed by atoms with van der Waals surface area (Å²) >= 11 is 0. The summed E-state index contributed by atoms with van der Waals surface area (Å²) in [5, 5.41) is 0. The molecule has 4 heteroatoms. The Hall–Kier alpha value is -1.58. The third-order valence-electron chi connectivity index (χ3n) is 3.17. The van der Waals surface area contributed by atoms with Crippen LogP contribution in [0.1, 0.15) is 42.5 Å². The van der Waals surface area contributed by atoms with Gasteiger partial charge in [-0.15, -0.1) is 0 Å². The van der Waals surface area contributed by atoms with E-state index < -0.39 is 0 Å². The number of anilines is 1. The van der Waals surface area contributed by atoms with Gasteiger partial charge in [0.15, 0.2) is 0 Å². The fraction of sp³-hybridized carbons (Fsp3) is 0.538. The van der Waals surface area contributed by atoms with Crippen molar-refractivity contribution in [1.82, 2.24) is 9.88 Å². The molecular formula is C13H19N3O. The van der Waals surface area contributed by atoms with Gasteiger partial charge < -0.3 is 10.6 Å². The van der Waals surface area contributed by atoms with Crippen LogP contribution in [-0.4, -0.2) is 28.9 Å². The first-order valence-electron chi connectivity index (χ1n) is 6.28. The fourth-order valence-electron chi connectivity index (χ4n) is 2.21. The van der Waals surface area contributed by atoms with Gasteiger partial charge in [0.2, 0.25) is 0 Å². The SMILES string of the molecule is Nc1cc(C(=O)N2CCCCCCC2)ccn1. The molecule has 0 atom stereocenters. The van der Waals surface area contributed by atoms with E-state index in [-0.39, 0.29) is 5.91 Å². The number of carbonyl (C=O) groups excluding carboxylic acids is 1. The van der Waals surface area contributed by atoms with E-state index in [4.69, 9.17) is 5.73 Å². The minimum atomic E-state index is 0.0843. The summed E-state index contributed by atoms with van der Waals surface area (Å²) in [5.74, 6) is 0.490. The minimum absolute atomic E-state index is 0.0843. The molecule has 1 aromatic heterocycles. The van der Waals surface area contributed by atoms with Gasteiger partial charge in [0.25, 0.3) is 5.91 Å². The summed E-state index contributed by atoms with van der Waals surface area (Å²) in [4.78, 5) is 18.1. The maximum atomic E-state index is 12.3. The molecule has 1 saturated heterocycles. The lowest BCUT2D eigenvalue weighted by molar-refractivity contribution is 0.0742. The lowest BCUT2D eigenvalue weighted by Gasteiger charge is -2.24. The van der Waals surface area contributed by atoms with E-state index in [9.17, 15) is 4.79 Å². The molecule has 0 saturated carbocycles. The monoisotopic (exact) mass is 233 g/mol. The van der Waals surface area contributed by atoms with Crippen molar-refractivity contribution in [2.75, 3.05) is 18.8 Å². The summed E-state index contributed by atoms with van der Waals surface area (Å²) in [6.45, 7) is 1.72. The molecule has 1 aromatic rings. The first-order chi connectivity index (χ1) is 8.27. The van der Waals surface area contributed by atoms with Crippen molar-refractivity contribution < 1.29 is 4.79 Å². The number of nitrogens with zero attached hydrogens (tertiary/aromatic N) is 2. The predicted octanol–water partition coefficient (Wildman–Crippen LogP) is 2.07. The van der Waals surface area contributed by atoms with Gasteiger partial charge in [-0.1, -0.05) is 19.3 Å². The second-order valence-corrected chi connectivity index (χ2v) is 4.53. The van der Waals surface area contributed by atoms with Crippen molar-refractivity contribution in [3.8, 4) is 0 Å². The second-order valence-electron chi connectivity index (χ2n) is 4.53. The number of carbonyl (C=O) groups is 1. The van der Waals surface area contributed by atoms with Crippen LogP contribution in [0.3, 0.4) is 0 Å². The zero-order valence-electron chi connectivity index (χ0n) is 10.1. The molecule has 1 amide bonds. The standard InChI is InChI=1S/C13H19N3O/c14-12-10-11(6-7-15-12)13(17)16-8-4-2-1-3-5-9-16/h6-7,10H,1-5,8-9H2,(H2,14,15). The quantitative estimate of drug-likeness (QED) is 0.807. The summed E-state index contributed by atoms with van der Waals surface area (Å²) in [6.07, 6.45) is 7.54. The van der Waals surface area contributed by atoms with E-state index >= 15 is 0 Å². The lowest BCUT2D eigenvalue weighted by Crippen LogP contribution is -2.33. The van der Waals surface area contributed by atoms with Crippen molar-refractivity contribution in [3.63, 3.8) is 0 Å². The van der Waals surface area contributed by atoms with Gasteiger partial charge in [-0.25, -0.2) is 4.98 Å². The number of hydrogen-bond acceptors (Lipinski definition) is 3. The number of pyridine rings is 1. The van der Waals surface area contributed by atoms with Crippen LogP contribution in [0.15, 0.2) is 18.3 Å². The van der Waals surface area contributed by atoms with Crippen molar-refractivity contribution >= 4 is 11.7 Å². The summed E-state index contributed by atoms with van der Waals surface area (Å²) < 4.78 is 0. The van der Waals surface area contributed by atoms with E-state index in [1.807, 2.05) is 4.90 Å². The summed E-state index contributed by atoms with van der Waals surface area (Å²) in [5.41, 5.74) is 6.25. The van der Waals surface area contributed by atoms with E-state index in [0.717, 1.165) is 25.9 Å². The Kier molecular flexibility index (Phi) is 3.96. The molecule has 1 fully saturated rings. The van der Waals surface area contributed by atoms with Gasteiger partial charge in [-0.2, -0.15) is 0 Å². The van der Waals surface area contributed by atoms with E-state index in [2.05, 4.69) is 4.98 Å². The van der Waals surface area contributed by atoms with Crippen LogP contribution in [0.5, 0.6) is 0 Å². The number of aromatic nitrogens is 1. The van der Waals surface area contributed by atoms with Gasteiger partial charge in [0.05, 0.1) is 0 Å². The van der Waals surface area contributed by atoms with E-state index in [1.54, 1.807) is 18.3 Å². The molecule has 2 N–H and O–H groups in total. The molecule has 4 nitrogen and oxygen atoms in total. The van der Waals surface area contributed by atoms with Gasteiger partial charge in [-0.05, 0) is 25.0 Å². The zero-order chi connectivity index (χ0) is 12.1. The highest BCUT2D eigenvalue weighted by Crippen LogP contribution is 2.14. The number of amides is 1. The smallest absolute Gasteiger partial charge is 0.254 e. The topological polar surface area (TPSA) is 59.2 Å². The highest BCUT2D eigenvalue weighted by molar-refractivity contribution is 5.94. The Morgan fingerprint density at radius 2 is 1.82 bits per heavy atom. The van der Waals surface area contributed by atoms with Gasteiger partial charge in [0, 0.05) is 24.8 Å². The van der Waals surface area contributed by atoms with Crippen molar-refractivity contribution in [2.45, 2.75) is 32.1 Å². The Labute approximate surface area is 102 Å². The first-order valence-corrected chi connectivity index (χ1v) is 6.28. The van der Waals surface area contributed by atoms with E-state index in [0.29, 0.717) is 11.4 Å². The highest BCUT2D eigenvalue weighted by Gasteiger charge is 2.16. The van der Waals surface area contributed by atoms with Crippen LogP contribution in [0.2, 0.25) is 0 Å². The van der Waals surface area contributed by atoms with Crippen LogP contribution in [-0.2, 0) is 0 Å². The molecule has 0 aliphatic carbocycles. The van der Waals surface area contributed by atoms with Crippen LogP contribution in [0.25, 0.3) is 0 Å². The third kappa shape index (κ3) is 3.19. The Balaban J connectivity index is 2.07. The average Bonchev–Trinajstić information content (AvgIpc) is 2.28. The average molecular weight is 233 g/mol. The zero-order valence-corrected chi connectivity index (χ0v) is 10.1. The molecule has 17 heavy (non-hydrogen) atoms. The highest BCUT2D eigenvalue weighted by atomic mass is 16.2. The second kappa shape index (κ2) is 5.66. The molecule has 92 valence electrons. The largest absolute Gasteiger partial charge is 0.384 e. The molecular weight excluding hydrogens is 214 g/mol. The molecule has 0 bridgehead atoms. The minimum Gasteiger partial charge on any atom is -0.384 e. The van der Waals surface area contributed by atoms with Gasteiger partial charge in [0.1, 0.15) is 5.82 Å². The molecule has 2 rings (SSSR count). The molecule has 0 spiro atoms. The number of nitrogen functional groups attached to an aromatic ring is 1. The van der Waals surface area contributed by atoms with Gasteiger partial charge in [-0.3, -0.25) is 4.79 Å². The number of hydrogen-bond donors (Lipinski definition) is 1. The fourth-order valence-corrected chi connectivity index (χ4v) is 2.21. The number of rotatable bonds is 1. The Bertz CT molecular complexity index is 384. The molecule has 0 unspecified atom stereocenters. The Morgan fingerprint density at radius 1 is 1.18 bits per heavy atom. The number of nitrogens with two attached hydrogens (primary N) is 1. The van der Waals surface area contributed by atoms with Crippen LogP contribution >= 0.6 is 0 Å². The van der Waals surface area contributed by atoms with Crippen LogP contribution in [0, 0.1) is 0 Å². The molecule has 0 aromatic carbocycles. The lowest BCUT2D eigenvalue weighted by atomic mass is 10.1. The van der Waals surface area contributed by atoms with Gasteiger partial charge >= 0.3 is 0 Å². The summed E-state index contributed by atoms with van der Waals surface area (Å²) in [6, 6.07) is 3.39. The maximum absolute atomic E-state index is 12.3. The third-order valence-corrected chi connectivity index (χ3v) is 3.17. The van der Waals surface area contributed by atoms with Crippen molar-refractivity contribution in [1.29, 1.82) is 0 Å². The molecule has 1 aliphatic rings. The predicted molar refractivity (Wildman–Crippen MR) is 67.6 cm³/mol. The Morgan fingerprint density at radius 3 is 2.47 bits per heavy atom. The molecule has 1 aliphatic heterocycles. The van der Waals surface area contributed by atoms with E-state index in [1.165, 1.54) is 19.3 Å². The maximum Gasteiger partial charge on any atom is 0.254 e. The van der Waals surface area contributed by atoms with Crippen LogP contribution < -0.4 is 5.73 Å². The first kappa shape index (κ1) is 11.9. The van der Waals surface area contributed by atoms with Crippen molar-refractivity contribution in [2.24, 2.45) is 0 Å². The van der Waals surface area contributed by atoms with Crippen LogP contribution in [0.4, 0.5) is 5.82 Å².